The molecule has 1 aromatic rings. The summed E-state index contributed by atoms with van der Waals surface area (Å²) in [7, 11) is -3.22. The summed E-state index contributed by atoms with van der Waals surface area (Å²) in [6.45, 7) is 7.33. The second kappa shape index (κ2) is 9.14. The molecule has 134 valence electrons. The number of piperazine rings is 1. The van der Waals surface area contributed by atoms with E-state index in [0.717, 1.165) is 24.5 Å². The first-order chi connectivity index (χ1) is 10.4. The highest BCUT2D eigenvalue weighted by molar-refractivity contribution is 7.89. The summed E-state index contributed by atoms with van der Waals surface area (Å²) in [5, 5.41) is 0.571. The molecule has 0 atom stereocenters. The maximum atomic E-state index is 12.2. The van der Waals surface area contributed by atoms with Crippen LogP contribution >= 0.6 is 23.7 Å². The molecule has 2 N–H and O–H groups in total. The highest BCUT2D eigenvalue weighted by Crippen LogP contribution is 2.18. The molecule has 0 amide bonds. The maximum Gasteiger partial charge on any atom is 0.216 e. The second-order valence-electron chi connectivity index (χ2n) is 5.58. The zero-order valence-corrected chi connectivity index (χ0v) is 15.9. The molecule has 2 rings (SSSR count). The van der Waals surface area contributed by atoms with Gasteiger partial charge < -0.3 is 10.5 Å². The van der Waals surface area contributed by atoms with E-state index in [4.69, 9.17) is 10.5 Å². The van der Waals surface area contributed by atoms with Crippen LogP contribution in [0.15, 0.2) is 6.20 Å². The molecule has 10 heteroatoms. The highest BCUT2D eigenvalue weighted by Gasteiger charge is 2.26. The summed E-state index contributed by atoms with van der Waals surface area (Å²) in [5.41, 5.74) is 5.62. The van der Waals surface area contributed by atoms with Crippen molar-refractivity contribution in [3.05, 3.63) is 11.1 Å². The number of halogens is 1. The van der Waals surface area contributed by atoms with Crippen LogP contribution in [0.2, 0.25) is 0 Å². The molecular formula is C13H25ClN4O3S2. The van der Waals surface area contributed by atoms with Crippen molar-refractivity contribution in [3.8, 4) is 0 Å². The Kier molecular flexibility index (Phi) is 8.19. The van der Waals surface area contributed by atoms with E-state index >= 15 is 0 Å². The van der Waals surface area contributed by atoms with E-state index in [1.54, 1.807) is 10.5 Å². The lowest BCUT2D eigenvalue weighted by Crippen LogP contribution is -2.49. The summed E-state index contributed by atoms with van der Waals surface area (Å²) in [5.74, 6) is 0.0521. The van der Waals surface area contributed by atoms with Crippen molar-refractivity contribution in [2.45, 2.75) is 26.5 Å². The molecular weight excluding hydrogens is 360 g/mol. The van der Waals surface area contributed by atoms with Gasteiger partial charge in [0.25, 0.3) is 0 Å². The van der Waals surface area contributed by atoms with Crippen molar-refractivity contribution in [1.29, 1.82) is 0 Å². The third kappa shape index (κ3) is 6.52. The van der Waals surface area contributed by atoms with Crippen LogP contribution in [-0.4, -0.2) is 67.2 Å². The summed E-state index contributed by atoms with van der Waals surface area (Å²) in [4.78, 5) is 7.37. The Bertz CT molecular complexity index is 572. The molecule has 0 aromatic carbocycles. The molecule has 1 fully saturated rings. The van der Waals surface area contributed by atoms with Crippen molar-refractivity contribution in [2.24, 2.45) is 0 Å². The largest absolute Gasteiger partial charge is 0.378 e. The van der Waals surface area contributed by atoms with Gasteiger partial charge in [-0.2, -0.15) is 4.31 Å². The maximum absolute atomic E-state index is 12.2. The van der Waals surface area contributed by atoms with E-state index < -0.39 is 10.0 Å². The van der Waals surface area contributed by atoms with Crippen LogP contribution in [-0.2, 0) is 21.3 Å². The van der Waals surface area contributed by atoms with Gasteiger partial charge in [-0.15, -0.1) is 23.7 Å². The Morgan fingerprint density at radius 2 is 2.00 bits per heavy atom. The van der Waals surface area contributed by atoms with Gasteiger partial charge >= 0.3 is 0 Å². The van der Waals surface area contributed by atoms with Crippen LogP contribution in [0, 0.1) is 0 Å². The summed E-state index contributed by atoms with van der Waals surface area (Å²) >= 11 is 1.48. The fraction of sp³-hybridized carbons (Fsp3) is 0.769. The lowest BCUT2D eigenvalue weighted by atomic mass is 10.3. The Balaban J connectivity index is 0.00000264. The number of aromatic nitrogens is 1. The molecule has 0 radical (unpaired) electrons. The lowest BCUT2D eigenvalue weighted by molar-refractivity contribution is 0.0902. The first-order valence-electron chi connectivity index (χ1n) is 7.39. The Labute approximate surface area is 148 Å². The van der Waals surface area contributed by atoms with E-state index in [9.17, 15) is 8.42 Å². The van der Waals surface area contributed by atoms with Gasteiger partial charge in [-0.1, -0.05) is 0 Å². The predicted octanol–water partition coefficient (Wildman–Crippen LogP) is 1.02. The quantitative estimate of drug-likeness (QED) is 0.755. The second-order valence-corrected chi connectivity index (χ2v) is 8.81. The number of nitrogens with two attached hydrogens (primary N) is 1. The summed E-state index contributed by atoms with van der Waals surface area (Å²) < 4.78 is 31.4. The van der Waals surface area contributed by atoms with Crippen molar-refractivity contribution in [1.82, 2.24) is 14.2 Å². The first-order valence-corrected chi connectivity index (χ1v) is 9.81. The molecule has 1 aliphatic rings. The van der Waals surface area contributed by atoms with E-state index in [1.165, 1.54) is 11.3 Å². The van der Waals surface area contributed by atoms with Crippen LogP contribution < -0.4 is 5.73 Å². The minimum absolute atomic E-state index is 0. The smallest absolute Gasteiger partial charge is 0.216 e. The SMILES string of the molecule is CC(C)OCCS(=O)(=O)N1CCN(Cc2cnc(N)s2)CC1.Cl. The third-order valence-electron chi connectivity index (χ3n) is 3.47. The molecule has 0 saturated carbocycles. The number of thiazole rings is 1. The van der Waals surface area contributed by atoms with E-state index in [-0.39, 0.29) is 30.9 Å². The fourth-order valence-corrected chi connectivity index (χ4v) is 4.31. The number of hydrogen-bond acceptors (Lipinski definition) is 7. The van der Waals surface area contributed by atoms with Gasteiger partial charge in [0.15, 0.2) is 5.13 Å². The van der Waals surface area contributed by atoms with Crippen molar-refractivity contribution >= 4 is 38.9 Å². The van der Waals surface area contributed by atoms with Gasteiger partial charge in [0.2, 0.25) is 10.0 Å². The van der Waals surface area contributed by atoms with Crippen LogP contribution in [0.3, 0.4) is 0 Å². The average molecular weight is 385 g/mol. The first kappa shape index (κ1) is 20.6. The molecule has 23 heavy (non-hydrogen) atoms. The van der Waals surface area contributed by atoms with Gasteiger partial charge in [0, 0.05) is 43.8 Å². The van der Waals surface area contributed by atoms with E-state index in [0.29, 0.717) is 18.2 Å². The number of sulfonamides is 1. The Morgan fingerprint density at radius 3 is 2.52 bits per heavy atom. The van der Waals surface area contributed by atoms with Gasteiger partial charge in [0.05, 0.1) is 18.5 Å². The topological polar surface area (TPSA) is 88.8 Å². The molecule has 0 aliphatic carbocycles. The van der Waals surface area contributed by atoms with Gasteiger partial charge in [-0.05, 0) is 13.8 Å². The molecule has 1 saturated heterocycles. The van der Waals surface area contributed by atoms with Crippen LogP contribution in [0.25, 0.3) is 0 Å². The molecule has 7 nitrogen and oxygen atoms in total. The molecule has 0 spiro atoms. The van der Waals surface area contributed by atoms with Gasteiger partial charge in [-0.25, -0.2) is 13.4 Å². The summed E-state index contributed by atoms with van der Waals surface area (Å²) in [6.07, 6.45) is 1.84. The van der Waals surface area contributed by atoms with Gasteiger partial charge in [-0.3, -0.25) is 4.90 Å². The number of hydrogen-bond donors (Lipinski definition) is 1. The highest BCUT2D eigenvalue weighted by atomic mass is 35.5. The monoisotopic (exact) mass is 384 g/mol. The van der Waals surface area contributed by atoms with Crippen molar-refractivity contribution in [3.63, 3.8) is 0 Å². The summed E-state index contributed by atoms with van der Waals surface area (Å²) in [6, 6.07) is 0. The lowest BCUT2D eigenvalue weighted by Gasteiger charge is -2.33. The van der Waals surface area contributed by atoms with Crippen LogP contribution in [0.1, 0.15) is 18.7 Å². The van der Waals surface area contributed by atoms with E-state index in [2.05, 4.69) is 9.88 Å². The number of anilines is 1. The molecule has 1 aromatic heterocycles. The number of ether oxygens (including phenoxy) is 1. The molecule has 1 aliphatic heterocycles. The van der Waals surface area contributed by atoms with E-state index in [1.807, 2.05) is 13.8 Å². The Hall–Kier alpha value is -0.450. The van der Waals surface area contributed by atoms with Crippen molar-refractivity contribution in [2.75, 3.05) is 44.3 Å². The standard InChI is InChI=1S/C13H24N4O3S2.ClH/c1-11(2)20-7-8-22(18,19)17-5-3-16(4-6-17)10-12-9-15-13(14)21-12;/h9,11H,3-8,10H2,1-2H3,(H2,14,15);1H. The normalized spacial score (nSPS) is 17.3. The fourth-order valence-electron chi connectivity index (χ4n) is 2.30. The van der Waals surface area contributed by atoms with Crippen molar-refractivity contribution < 1.29 is 13.2 Å². The Morgan fingerprint density at radius 1 is 1.35 bits per heavy atom. The molecule has 0 bridgehead atoms. The minimum atomic E-state index is -3.22. The third-order valence-corrected chi connectivity index (χ3v) is 6.11. The number of nitrogens with zero attached hydrogens (tertiary/aromatic N) is 3. The van der Waals surface area contributed by atoms with Crippen LogP contribution in [0.4, 0.5) is 5.13 Å². The zero-order chi connectivity index (χ0) is 16.2. The minimum Gasteiger partial charge on any atom is -0.378 e. The zero-order valence-electron chi connectivity index (χ0n) is 13.5. The van der Waals surface area contributed by atoms with Crippen LogP contribution in [0.5, 0.6) is 0 Å². The molecule has 0 unspecified atom stereocenters. The van der Waals surface area contributed by atoms with Gasteiger partial charge in [0.1, 0.15) is 0 Å². The number of nitrogen functional groups attached to an aromatic ring is 1. The predicted molar refractivity (Wildman–Crippen MR) is 95.5 cm³/mol. The molecule has 2 heterocycles. The number of rotatable bonds is 7. The average Bonchev–Trinajstić information content (AvgIpc) is 2.84.